The number of alkyl halides is 3. The third-order valence-corrected chi connectivity index (χ3v) is 5.50. The Morgan fingerprint density at radius 2 is 1.97 bits per heavy atom. The Balaban J connectivity index is 1.79. The number of pyridine rings is 1. The molecule has 0 aliphatic heterocycles. The molecule has 0 aliphatic rings. The number of nitrogens with one attached hydrogen (secondary N) is 1. The van der Waals surface area contributed by atoms with Crippen LogP contribution in [-0.4, -0.2) is 21.7 Å². The van der Waals surface area contributed by atoms with Crippen molar-refractivity contribution in [2.75, 3.05) is 7.11 Å². The standard InChI is InChI=1S/C22H22F3N3OS/c1-3-4-5-19(14-28-11-10-16-12-18(29-2)13-27-21(16)28)30-20(26)15-6-8-17(9-7-15)22(23,24)25/h5-13,26H,3-4,14H2,1-2H3/b19-5+,26-20?. The summed E-state index contributed by atoms with van der Waals surface area (Å²) in [5, 5.41) is 9.52. The lowest BCUT2D eigenvalue weighted by Crippen LogP contribution is -2.06. The van der Waals surface area contributed by atoms with Gasteiger partial charge in [-0.05, 0) is 30.7 Å². The first kappa shape index (κ1) is 22.0. The maximum atomic E-state index is 12.8. The van der Waals surface area contributed by atoms with E-state index < -0.39 is 11.7 Å². The van der Waals surface area contributed by atoms with Crippen LogP contribution in [0.2, 0.25) is 0 Å². The summed E-state index contributed by atoms with van der Waals surface area (Å²) >= 11 is 1.26. The maximum Gasteiger partial charge on any atom is 0.416 e. The number of thioether (sulfide) groups is 1. The lowest BCUT2D eigenvalue weighted by Gasteiger charge is -2.12. The monoisotopic (exact) mass is 433 g/mol. The Morgan fingerprint density at radius 3 is 2.60 bits per heavy atom. The number of rotatable bonds is 7. The van der Waals surface area contributed by atoms with Crippen LogP contribution >= 0.6 is 11.8 Å². The normalized spacial score (nSPS) is 12.4. The van der Waals surface area contributed by atoms with Gasteiger partial charge in [0.25, 0.3) is 0 Å². The van der Waals surface area contributed by atoms with Crippen LogP contribution in [0, 0.1) is 5.41 Å². The predicted octanol–water partition coefficient (Wildman–Crippen LogP) is 6.51. The van der Waals surface area contributed by atoms with Gasteiger partial charge in [0, 0.05) is 22.1 Å². The first-order valence-electron chi connectivity index (χ1n) is 9.43. The van der Waals surface area contributed by atoms with Crippen LogP contribution in [0.1, 0.15) is 30.9 Å². The van der Waals surface area contributed by atoms with Gasteiger partial charge in [0.2, 0.25) is 0 Å². The average Bonchev–Trinajstić information content (AvgIpc) is 3.13. The number of hydrogen-bond donors (Lipinski definition) is 1. The van der Waals surface area contributed by atoms with Crippen molar-refractivity contribution < 1.29 is 17.9 Å². The Hall–Kier alpha value is -2.74. The molecule has 0 saturated carbocycles. The van der Waals surface area contributed by atoms with E-state index in [1.807, 2.05) is 22.9 Å². The summed E-state index contributed by atoms with van der Waals surface area (Å²) in [5.41, 5.74) is 0.543. The molecule has 30 heavy (non-hydrogen) atoms. The van der Waals surface area contributed by atoms with E-state index in [0.717, 1.165) is 40.9 Å². The number of hydrogen-bond acceptors (Lipinski definition) is 4. The number of aromatic nitrogens is 2. The summed E-state index contributed by atoms with van der Waals surface area (Å²) in [6, 6.07) is 8.57. The van der Waals surface area contributed by atoms with Crippen LogP contribution in [0.15, 0.2) is 59.8 Å². The molecule has 0 bridgehead atoms. The van der Waals surface area contributed by atoms with Crippen LogP contribution in [-0.2, 0) is 12.7 Å². The smallest absolute Gasteiger partial charge is 0.416 e. The molecule has 0 spiro atoms. The summed E-state index contributed by atoms with van der Waals surface area (Å²) in [5.74, 6) is 0.681. The van der Waals surface area contributed by atoms with Crippen molar-refractivity contribution in [3.05, 3.63) is 70.9 Å². The molecule has 2 heterocycles. The van der Waals surface area contributed by atoms with Gasteiger partial charge < -0.3 is 9.30 Å². The molecule has 1 N–H and O–H groups in total. The van der Waals surface area contributed by atoms with Crippen molar-refractivity contribution in [3.63, 3.8) is 0 Å². The van der Waals surface area contributed by atoms with E-state index >= 15 is 0 Å². The van der Waals surface area contributed by atoms with Crippen molar-refractivity contribution >= 4 is 27.8 Å². The number of halogens is 3. The molecule has 0 amide bonds. The SMILES string of the molecule is CCC/C=C(\Cn1ccc2cc(OC)cnc21)SC(=N)c1ccc(C(F)(F)F)cc1. The van der Waals surface area contributed by atoms with E-state index in [1.54, 1.807) is 13.3 Å². The second-order valence-corrected chi connectivity index (χ2v) is 7.83. The van der Waals surface area contributed by atoms with Gasteiger partial charge in [0.05, 0.1) is 30.5 Å². The van der Waals surface area contributed by atoms with Crippen molar-refractivity contribution in [2.24, 2.45) is 0 Å². The van der Waals surface area contributed by atoms with E-state index in [9.17, 15) is 13.2 Å². The fraction of sp³-hybridized carbons (Fsp3) is 0.273. The summed E-state index contributed by atoms with van der Waals surface area (Å²) in [4.78, 5) is 5.40. The number of methoxy groups -OCH3 is 1. The topological polar surface area (TPSA) is 50.9 Å². The third-order valence-electron chi connectivity index (χ3n) is 4.51. The average molecular weight is 433 g/mol. The van der Waals surface area contributed by atoms with Gasteiger partial charge in [-0.3, -0.25) is 5.41 Å². The minimum atomic E-state index is -4.38. The molecule has 1 aromatic carbocycles. The van der Waals surface area contributed by atoms with Gasteiger partial charge >= 0.3 is 6.18 Å². The molecule has 4 nitrogen and oxygen atoms in total. The minimum absolute atomic E-state index is 0.206. The number of allylic oxidation sites excluding steroid dienone is 2. The quantitative estimate of drug-likeness (QED) is 0.341. The maximum absolute atomic E-state index is 12.8. The third kappa shape index (κ3) is 5.24. The lowest BCUT2D eigenvalue weighted by molar-refractivity contribution is -0.137. The Morgan fingerprint density at radius 1 is 1.23 bits per heavy atom. The zero-order chi connectivity index (χ0) is 21.7. The van der Waals surface area contributed by atoms with Gasteiger partial charge in [-0.25, -0.2) is 4.98 Å². The van der Waals surface area contributed by atoms with E-state index in [2.05, 4.69) is 18.0 Å². The molecule has 2 aromatic heterocycles. The van der Waals surface area contributed by atoms with Crippen LogP contribution in [0.25, 0.3) is 11.0 Å². The van der Waals surface area contributed by atoms with Crippen molar-refractivity contribution in [1.82, 2.24) is 9.55 Å². The molecule has 0 atom stereocenters. The van der Waals surface area contributed by atoms with E-state index in [1.165, 1.54) is 23.9 Å². The molecule has 0 aliphatic carbocycles. The molecular weight excluding hydrogens is 411 g/mol. The Kier molecular flexibility index (Phi) is 6.87. The zero-order valence-corrected chi connectivity index (χ0v) is 17.5. The van der Waals surface area contributed by atoms with Crippen molar-refractivity contribution in [3.8, 4) is 5.75 Å². The highest BCUT2D eigenvalue weighted by Crippen LogP contribution is 2.31. The summed E-state index contributed by atoms with van der Waals surface area (Å²) in [6.07, 6.45) is 3.08. The van der Waals surface area contributed by atoms with Crippen molar-refractivity contribution in [2.45, 2.75) is 32.5 Å². The molecule has 3 rings (SSSR count). The number of nitrogens with zero attached hydrogens (tertiary/aromatic N) is 2. The number of benzene rings is 1. The van der Waals surface area contributed by atoms with E-state index in [0.29, 0.717) is 17.9 Å². The van der Waals surface area contributed by atoms with Crippen molar-refractivity contribution in [1.29, 1.82) is 5.41 Å². The first-order chi connectivity index (χ1) is 14.3. The van der Waals surface area contributed by atoms with Crippen LogP contribution in [0.4, 0.5) is 13.2 Å². The molecule has 0 saturated heterocycles. The fourth-order valence-electron chi connectivity index (χ4n) is 2.91. The molecule has 0 fully saturated rings. The predicted molar refractivity (Wildman–Crippen MR) is 115 cm³/mol. The molecule has 3 aromatic rings. The largest absolute Gasteiger partial charge is 0.495 e. The summed E-state index contributed by atoms with van der Waals surface area (Å²) in [7, 11) is 1.59. The highest BCUT2D eigenvalue weighted by molar-refractivity contribution is 8.17. The minimum Gasteiger partial charge on any atom is -0.495 e. The number of ether oxygens (including phenoxy) is 1. The summed E-state index contributed by atoms with van der Waals surface area (Å²) in [6.45, 7) is 2.59. The van der Waals surface area contributed by atoms with Gasteiger partial charge in [0.1, 0.15) is 11.4 Å². The van der Waals surface area contributed by atoms with Crippen LogP contribution < -0.4 is 4.74 Å². The second kappa shape index (κ2) is 9.38. The Labute approximate surface area is 177 Å². The number of fused-ring (bicyclic) bond motifs is 1. The first-order valence-corrected chi connectivity index (χ1v) is 10.3. The Bertz CT molecular complexity index is 1060. The van der Waals surface area contributed by atoms with Gasteiger partial charge in [-0.1, -0.05) is 43.3 Å². The number of unbranched alkanes of at least 4 members (excludes halogenated alkanes) is 1. The second-order valence-electron chi connectivity index (χ2n) is 6.70. The molecular formula is C22H22F3N3OS. The van der Waals surface area contributed by atoms with E-state index in [-0.39, 0.29) is 5.04 Å². The molecule has 0 unspecified atom stereocenters. The van der Waals surface area contributed by atoms with Gasteiger partial charge in [-0.2, -0.15) is 13.2 Å². The molecule has 8 heteroatoms. The highest BCUT2D eigenvalue weighted by atomic mass is 32.2. The lowest BCUT2D eigenvalue weighted by atomic mass is 10.1. The van der Waals surface area contributed by atoms with Gasteiger partial charge in [-0.15, -0.1) is 0 Å². The zero-order valence-electron chi connectivity index (χ0n) is 16.7. The van der Waals surface area contributed by atoms with Crippen LogP contribution in [0.5, 0.6) is 5.75 Å². The molecule has 0 radical (unpaired) electrons. The van der Waals surface area contributed by atoms with Crippen LogP contribution in [0.3, 0.4) is 0 Å². The van der Waals surface area contributed by atoms with Gasteiger partial charge in [0.15, 0.2) is 0 Å². The molecule has 158 valence electrons. The highest BCUT2D eigenvalue weighted by Gasteiger charge is 2.30. The van der Waals surface area contributed by atoms with E-state index in [4.69, 9.17) is 10.1 Å². The fourth-order valence-corrected chi connectivity index (χ4v) is 3.83. The summed E-state index contributed by atoms with van der Waals surface area (Å²) < 4.78 is 45.5.